The van der Waals surface area contributed by atoms with E-state index in [-0.39, 0.29) is 6.04 Å². The molecule has 0 saturated carbocycles. The van der Waals surface area contributed by atoms with Crippen molar-refractivity contribution in [1.82, 2.24) is 25.1 Å². The van der Waals surface area contributed by atoms with Gasteiger partial charge >= 0.3 is 0 Å². The predicted molar refractivity (Wildman–Crippen MR) is 67.8 cm³/mol. The quantitative estimate of drug-likeness (QED) is 0.899. The van der Waals surface area contributed by atoms with Crippen molar-refractivity contribution in [3.63, 3.8) is 0 Å². The molecule has 1 atom stereocenters. The molecule has 2 aromatic rings. The monoisotopic (exact) mass is 251 g/mol. The predicted octanol–water partition coefficient (Wildman–Crippen LogP) is 1.74. The van der Waals surface area contributed by atoms with Crippen molar-refractivity contribution in [3.05, 3.63) is 27.7 Å². The minimum absolute atomic E-state index is 0.290. The van der Waals surface area contributed by atoms with E-state index in [9.17, 15) is 0 Å². The Hall–Kier alpha value is -1.27. The molecule has 0 aliphatic rings. The Bertz CT molecular complexity index is 502. The van der Waals surface area contributed by atoms with Crippen LogP contribution in [0.5, 0.6) is 0 Å². The van der Waals surface area contributed by atoms with Crippen molar-refractivity contribution in [2.45, 2.75) is 33.4 Å². The van der Waals surface area contributed by atoms with Crippen LogP contribution >= 0.6 is 11.3 Å². The van der Waals surface area contributed by atoms with E-state index in [2.05, 4.69) is 34.2 Å². The van der Waals surface area contributed by atoms with E-state index >= 15 is 0 Å². The summed E-state index contributed by atoms with van der Waals surface area (Å²) >= 11 is 1.75. The molecule has 2 rings (SSSR count). The molecule has 0 bridgehead atoms. The number of rotatable bonds is 4. The summed E-state index contributed by atoms with van der Waals surface area (Å²) in [5, 5.41) is 8.60. The third-order valence-electron chi connectivity index (χ3n) is 2.70. The Morgan fingerprint density at radius 1 is 1.47 bits per heavy atom. The highest BCUT2D eigenvalue weighted by Gasteiger charge is 2.13. The molecule has 0 aromatic carbocycles. The van der Waals surface area contributed by atoms with Gasteiger partial charge in [0.25, 0.3) is 0 Å². The number of hydrogen-bond acceptors (Lipinski definition) is 5. The molecule has 0 spiro atoms. The summed E-state index contributed by atoms with van der Waals surface area (Å²) in [6.45, 7) is 6.96. The average Bonchev–Trinajstić information content (AvgIpc) is 2.81. The van der Waals surface area contributed by atoms with Gasteiger partial charge < -0.3 is 5.32 Å². The first-order valence-electron chi connectivity index (χ1n) is 5.58. The van der Waals surface area contributed by atoms with Crippen LogP contribution in [-0.4, -0.2) is 19.7 Å². The zero-order valence-electron chi connectivity index (χ0n) is 10.6. The largest absolute Gasteiger partial charge is 0.302 e. The number of aryl methyl sites for hydroxylation is 3. The molecule has 6 heteroatoms. The molecule has 0 amide bonds. The molecule has 17 heavy (non-hydrogen) atoms. The Kier molecular flexibility index (Phi) is 3.54. The zero-order valence-corrected chi connectivity index (χ0v) is 11.4. The summed E-state index contributed by atoms with van der Waals surface area (Å²) in [5.74, 6) is 0.941. The minimum atomic E-state index is 0.290. The maximum atomic E-state index is 4.44. The topological polar surface area (TPSA) is 55.6 Å². The summed E-state index contributed by atoms with van der Waals surface area (Å²) in [6, 6.07) is 0.290. The highest BCUT2D eigenvalue weighted by atomic mass is 32.1. The summed E-state index contributed by atoms with van der Waals surface area (Å²) in [4.78, 5) is 9.92. The van der Waals surface area contributed by atoms with Gasteiger partial charge in [0.2, 0.25) is 0 Å². The summed E-state index contributed by atoms with van der Waals surface area (Å²) in [7, 11) is 1.90. The molecule has 2 aromatic heterocycles. The third-order valence-corrected chi connectivity index (χ3v) is 3.96. The second-order valence-electron chi connectivity index (χ2n) is 4.09. The molecule has 0 aliphatic carbocycles. The van der Waals surface area contributed by atoms with Gasteiger partial charge in [0.05, 0.1) is 17.2 Å². The van der Waals surface area contributed by atoms with Crippen molar-refractivity contribution in [2.75, 3.05) is 0 Å². The Labute approximate surface area is 105 Å². The molecule has 1 N–H and O–H groups in total. The van der Waals surface area contributed by atoms with Gasteiger partial charge in [-0.3, -0.25) is 4.68 Å². The average molecular weight is 251 g/mol. The van der Waals surface area contributed by atoms with Crippen molar-refractivity contribution in [2.24, 2.45) is 7.05 Å². The Morgan fingerprint density at radius 3 is 2.76 bits per heavy atom. The first-order chi connectivity index (χ1) is 8.08. The molecule has 0 radical (unpaired) electrons. The number of nitrogens with one attached hydrogen (secondary N) is 1. The molecule has 2 heterocycles. The molecule has 0 saturated heterocycles. The normalized spacial score (nSPS) is 12.9. The lowest BCUT2D eigenvalue weighted by atomic mass is 10.2. The third kappa shape index (κ3) is 2.70. The lowest BCUT2D eigenvalue weighted by Crippen LogP contribution is -2.20. The van der Waals surface area contributed by atoms with Crippen LogP contribution in [0.2, 0.25) is 0 Å². The van der Waals surface area contributed by atoms with Gasteiger partial charge in [-0.05, 0) is 20.8 Å². The summed E-state index contributed by atoms with van der Waals surface area (Å²) < 4.78 is 1.78. The lowest BCUT2D eigenvalue weighted by molar-refractivity contribution is 0.544. The van der Waals surface area contributed by atoms with Gasteiger partial charge in [-0.15, -0.1) is 11.3 Å². The first-order valence-corrected chi connectivity index (χ1v) is 6.39. The number of nitrogens with zero attached hydrogens (tertiary/aromatic N) is 4. The van der Waals surface area contributed by atoms with Crippen molar-refractivity contribution >= 4 is 11.3 Å². The van der Waals surface area contributed by atoms with Crippen molar-refractivity contribution in [1.29, 1.82) is 0 Å². The molecule has 0 fully saturated rings. The number of thiazole rings is 1. The fourth-order valence-corrected chi connectivity index (χ4v) is 2.72. The van der Waals surface area contributed by atoms with E-state index in [4.69, 9.17) is 0 Å². The smallest absolute Gasteiger partial charge is 0.140 e. The Morgan fingerprint density at radius 2 is 2.24 bits per heavy atom. The standard InChI is InChI=1S/C11H17N5S/c1-7(11-8(2)15-9(3)17-11)12-5-10-13-6-14-16(10)4/h6-7,12H,5H2,1-4H3. The van der Waals surface area contributed by atoms with Crippen LogP contribution in [0.1, 0.15) is 34.4 Å². The summed E-state index contributed by atoms with van der Waals surface area (Å²) in [6.07, 6.45) is 1.57. The van der Waals surface area contributed by atoms with E-state index < -0.39 is 0 Å². The van der Waals surface area contributed by atoms with Crippen LogP contribution in [-0.2, 0) is 13.6 Å². The highest BCUT2D eigenvalue weighted by Crippen LogP contribution is 2.24. The molecule has 1 unspecified atom stereocenters. The van der Waals surface area contributed by atoms with Crippen LogP contribution in [0, 0.1) is 13.8 Å². The lowest BCUT2D eigenvalue weighted by Gasteiger charge is -2.12. The van der Waals surface area contributed by atoms with Gasteiger partial charge in [-0.1, -0.05) is 0 Å². The van der Waals surface area contributed by atoms with Gasteiger partial charge in [-0.25, -0.2) is 9.97 Å². The Balaban J connectivity index is 2.00. The maximum absolute atomic E-state index is 4.44. The first kappa shape index (κ1) is 12.2. The summed E-state index contributed by atoms with van der Waals surface area (Å²) in [5.41, 5.74) is 1.12. The van der Waals surface area contributed by atoms with E-state index in [0.717, 1.165) is 16.5 Å². The minimum Gasteiger partial charge on any atom is -0.302 e. The van der Waals surface area contributed by atoms with E-state index in [1.165, 1.54) is 4.88 Å². The van der Waals surface area contributed by atoms with E-state index in [0.29, 0.717) is 6.54 Å². The van der Waals surface area contributed by atoms with Crippen LogP contribution < -0.4 is 5.32 Å². The fraction of sp³-hybridized carbons (Fsp3) is 0.545. The van der Waals surface area contributed by atoms with Crippen molar-refractivity contribution < 1.29 is 0 Å². The second-order valence-corrected chi connectivity index (χ2v) is 5.32. The highest BCUT2D eigenvalue weighted by molar-refractivity contribution is 7.11. The van der Waals surface area contributed by atoms with E-state index in [1.807, 2.05) is 14.0 Å². The van der Waals surface area contributed by atoms with Gasteiger partial charge in [0.1, 0.15) is 12.2 Å². The molecule has 5 nitrogen and oxygen atoms in total. The van der Waals surface area contributed by atoms with Crippen LogP contribution in [0.15, 0.2) is 6.33 Å². The fourth-order valence-electron chi connectivity index (χ4n) is 1.77. The van der Waals surface area contributed by atoms with Crippen molar-refractivity contribution in [3.8, 4) is 0 Å². The van der Waals surface area contributed by atoms with Crippen LogP contribution in [0.25, 0.3) is 0 Å². The maximum Gasteiger partial charge on any atom is 0.140 e. The molecular formula is C11H17N5S. The molecule has 0 aliphatic heterocycles. The SMILES string of the molecule is Cc1nc(C)c(C(C)NCc2ncnn2C)s1. The number of hydrogen-bond donors (Lipinski definition) is 1. The van der Waals surface area contributed by atoms with Gasteiger partial charge in [0, 0.05) is 18.0 Å². The van der Waals surface area contributed by atoms with Gasteiger partial charge in [0.15, 0.2) is 0 Å². The second kappa shape index (κ2) is 4.93. The van der Waals surface area contributed by atoms with Gasteiger partial charge in [-0.2, -0.15) is 5.10 Å². The zero-order chi connectivity index (χ0) is 12.4. The van der Waals surface area contributed by atoms with E-state index in [1.54, 1.807) is 22.3 Å². The van der Waals surface area contributed by atoms with Crippen LogP contribution in [0.3, 0.4) is 0 Å². The van der Waals surface area contributed by atoms with Crippen LogP contribution in [0.4, 0.5) is 0 Å². The molecular weight excluding hydrogens is 234 g/mol. The molecule has 92 valence electrons. The number of aromatic nitrogens is 4.